The molecule has 0 bridgehead atoms. The molecule has 17 heavy (non-hydrogen) atoms. The van der Waals surface area contributed by atoms with E-state index < -0.39 is 10.0 Å². The molecule has 1 aromatic rings. The van der Waals surface area contributed by atoms with Gasteiger partial charge in [-0.2, -0.15) is 0 Å². The predicted octanol–water partition coefficient (Wildman–Crippen LogP) is 0.560. The van der Waals surface area contributed by atoms with E-state index in [-0.39, 0.29) is 0 Å². The molecule has 0 radical (unpaired) electrons. The molecule has 0 unspecified atom stereocenters. The molecule has 0 saturated heterocycles. The van der Waals surface area contributed by atoms with Crippen molar-refractivity contribution in [3.63, 3.8) is 0 Å². The first-order chi connectivity index (χ1) is 8.04. The van der Waals surface area contributed by atoms with Gasteiger partial charge >= 0.3 is 0 Å². The van der Waals surface area contributed by atoms with Gasteiger partial charge in [-0.1, -0.05) is 6.92 Å². The van der Waals surface area contributed by atoms with Crippen LogP contribution in [0.15, 0.2) is 18.6 Å². The fraction of sp³-hybridized carbons (Fsp3) is 0.600. The molecular formula is C10H18N4O2S. The number of nitrogens with one attached hydrogen (secondary N) is 1. The lowest BCUT2D eigenvalue weighted by molar-refractivity contribution is 0.428. The number of hydrogen-bond donors (Lipinski definition) is 1. The fourth-order valence-corrected chi connectivity index (χ4v) is 2.35. The summed E-state index contributed by atoms with van der Waals surface area (Å²) in [7, 11) is -3.08. The van der Waals surface area contributed by atoms with Gasteiger partial charge in [-0.05, 0) is 6.42 Å². The van der Waals surface area contributed by atoms with Crippen LogP contribution in [0.5, 0.6) is 0 Å². The van der Waals surface area contributed by atoms with Crippen LogP contribution >= 0.6 is 0 Å². The molecule has 1 N–H and O–H groups in total. The maximum Gasteiger partial charge on any atom is 0.211 e. The van der Waals surface area contributed by atoms with E-state index in [1.54, 1.807) is 18.6 Å². The third-order valence-electron chi connectivity index (χ3n) is 2.28. The highest BCUT2D eigenvalue weighted by Gasteiger charge is 2.12. The molecule has 0 saturated carbocycles. The van der Waals surface area contributed by atoms with Gasteiger partial charge in [0.2, 0.25) is 10.0 Å². The Bertz CT molecular complexity index is 421. The van der Waals surface area contributed by atoms with Crippen LogP contribution in [0.3, 0.4) is 0 Å². The van der Waals surface area contributed by atoms with Crippen LogP contribution < -0.4 is 5.32 Å². The maximum absolute atomic E-state index is 11.3. The molecule has 0 spiro atoms. The molecule has 6 nitrogen and oxygen atoms in total. The smallest absolute Gasteiger partial charge is 0.211 e. The second-order valence-corrected chi connectivity index (χ2v) is 5.61. The first kappa shape index (κ1) is 13.9. The third kappa shape index (κ3) is 5.10. The minimum atomic E-state index is -3.08. The number of rotatable bonds is 7. The second-order valence-electron chi connectivity index (χ2n) is 3.63. The van der Waals surface area contributed by atoms with Crippen LogP contribution in [0.1, 0.15) is 13.3 Å². The van der Waals surface area contributed by atoms with Gasteiger partial charge in [0.05, 0.1) is 12.5 Å². The zero-order valence-corrected chi connectivity index (χ0v) is 10.9. The van der Waals surface area contributed by atoms with E-state index in [0.717, 1.165) is 6.42 Å². The van der Waals surface area contributed by atoms with Crippen molar-refractivity contribution in [3.05, 3.63) is 18.6 Å². The lowest BCUT2D eigenvalue weighted by Gasteiger charge is -2.17. The molecule has 0 amide bonds. The quantitative estimate of drug-likeness (QED) is 0.723. The monoisotopic (exact) mass is 258 g/mol. The molecular weight excluding hydrogens is 240 g/mol. The molecule has 0 aliphatic rings. The Balaban J connectivity index is 2.29. The van der Waals surface area contributed by atoms with Crippen LogP contribution in [-0.2, 0) is 10.0 Å². The Labute approximate surface area is 102 Å². The second kappa shape index (κ2) is 6.51. The van der Waals surface area contributed by atoms with Gasteiger partial charge in [-0.3, -0.25) is 4.98 Å². The molecule has 0 aliphatic heterocycles. The van der Waals surface area contributed by atoms with Gasteiger partial charge in [0, 0.05) is 32.0 Å². The average Bonchev–Trinajstić information content (AvgIpc) is 2.28. The maximum atomic E-state index is 11.3. The number of nitrogens with zero attached hydrogens (tertiary/aromatic N) is 3. The van der Waals surface area contributed by atoms with E-state index in [1.807, 2.05) is 6.92 Å². The van der Waals surface area contributed by atoms with E-state index in [4.69, 9.17) is 0 Å². The van der Waals surface area contributed by atoms with Crippen molar-refractivity contribution >= 4 is 15.8 Å². The van der Waals surface area contributed by atoms with Gasteiger partial charge in [0.25, 0.3) is 0 Å². The Morgan fingerprint density at radius 3 is 2.71 bits per heavy atom. The molecule has 0 fully saturated rings. The van der Waals surface area contributed by atoms with Crippen LogP contribution in [0.2, 0.25) is 0 Å². The van der Waals surface area contributed by atoms with Crippen LogP contribution in [0.4, 0.5) is 5.82 Å². The Morgan fingerprint density at radius 1 is 1.41 bits per heavy atom. The van der Waals surface area contributed by atoms with Crippen molar-refractivity contribution < 1.29 is 8.42 Å². The van der Waals surface area contributed by atoms with Crippen LogP contribution in [0, 0.1) is 0 Å². The molecule has 0 aliphatic carbocycles. The van der Waals surface area contributed by atoms with Gasteiger partial charge in [0.15, 0.2) is 0 Å². The van der Waals surface area contributed by atoms with Gasteiger partial charge in [-0.15, -0.1) is 0 Å². The Hall–Kier alpha value is -1.21. The number of anilines is 1. The zero-order chi connectivity index (χ0) is 12.7. The summed E-state index contributed by atoms with van der Waals surface area (Å²) in [5.41, 5.74) is 0. The summed E-state index contributed by atoms with van der Waals surface area (Å²) >= 11 is 0. The summed E-state index contributed by atoms with van der Waals surface area (Å²) in [6.07, 6.45) is 6.81. The zero-order valence-electron chi connectivity index (χ0n) is 10.1. The van der Waals surface area contributed by atoms with E-state index in [0.29, 0.717) is 25.5 Å². The molecule has 0 atom stereocenters. The fourth-order valence-electron chi connectivity index (χ4n) is 1.42. The molecule has 7 heteroatoms. The van der Waals surface area contributed by atoms with Crippen molar-refractivity contribution in [2.24, 2.45) is 0 Å². The minimum absolute atomic E-state index is 0.504. The normalized spacial score (nSPS) is 11.7. The van der Waals surface area contributed by atoms with Gasteiger partial charge in [0.1, 0.15) is 5.82 Å². The third-order valence-corrected chi connectivity index (χ3v) is 3.65. The molecule has 1 aromatic heterocycles. The SMILES string of the molecule is CCN(CCCNc1cnccn1)S(C)(=O)=O. The van der Waals surface area contributed by atoms with Crippen molar-refractivity contribution in [1.29, 1.82) is 0 Å². The van der Waals surface area contributed by atoms with Gasteiger partial charge < -0.3 is 5.32 Å². The van der Waals surface area contributed by atoms with Gasteiger partial charge in [-0.25, -0.2) is 17.7 Å². The highest BCUT2D eigenvalue weighted by atomic mass is 32.2. The van der Waals surface area contributed by atoms with Crippen molar-refractivity contribution in [3.8, 4) is 0 Å². The first-order valence-corrected chi connectivity index (χ1v) is 7.34. The summed E-state index contributed by atoms with van der Waals surface area (Å²) in [4.78, 5) is 7.98. The van der Waals surface area contributed by atoms with Crippen molar-refractivity contribution in [2.45, 2.75) is 13.3 Å². The largest absolute Gasteiger partial charge is 0.369 e. The standard InChI is InChI=1S/C10H18N4O2S/c1-3-14(17(2,15)16)8-4-5-12-10-9-11-6-7-13-10/h6-7,9H,3-5,8H2,1-2H3,(H,12,13). The molecule has 1 heterocycles. The molecule has 1 rings (SSSR count). The summed E-state index contributed by atoms with van der Waals surface area (Å²) in [5.74, 6) is 0.704. The van der Waals surface area contributed by atoms with E-state index in [2.05, 4.69) is 15.3 Å². The van der Waals surface area contributed by atoms with Crippen LogP contribution in [-0.4, -0.2) is 48.6 Å². The predicted molar refractivity (Wildman–Crippen MR) is 67.2 cm³/mol. The lowest BCUT2D eigenvalue weighted by atomic mass is 10.4. The Kier molecular flexibility index (Phi) is 5.30. The summed E-state index contributed by atoms with van der Waals surface area (Å²) in [6.45, 7) is 3.52. The Morgan fingerprint density at radius 2 is 2.18 bits per heavy atom. The van der Waals surface area contributed by atoms with Crippen molar-refractivity contribution in [2.75, 3.05) is 31.2 Å². The average molecular weight is 258 g/mol. The molecule has 96 valence electrons. The number of sulfonamides is 1. The number of hydrogen-bond acceptors (Lipinski definition) is 5. The van der Waals surface area contributed by atoms with E-state index >= 15 is 0 Å². The van der Waals surface area contributed by atoms with E-state index in [1.165, 1.54) is 10.6 Å². The lowest BCUT2D eigenvalue weighted by Crippen LogP contribution is -2.31. The topological polar surface area (TPSA) is 75.2 Å². The summed E-state index contributed by atoms with van der Waals surface area (Å²) in [6, 6.07) is 0. The highest BCUT2D eigenvalue weighted by Crippen LogP contribution is 2.01. The molecule has 0 aromatic carbocycles. The van der Waals surface area contributed by atoms with E-state index in [9.17, 15) is 8.42 Å². The summed E-state index contributed by atoms with van der Waals surface area (Å²) < 4.78 is 24.1. The summed E-state index contributed by atoms with van der Waals surface area (Å²) in [5, 5.41) is 3.08. The van der Waals surface area contributed by atoms with Crippen molar-refractivity contribution in [1.82, 2.24) is 14.3 Å². The first-order valence-electron chi connectivity index (χ1n) is 5.49. The minimum Gasteiger partial charge on any atom is -0.369 e. The van der Waals surface area contributed by atoms with Crippen LogP contribution in [0.25, 0.3) is 0 Å². The number of aromatic nitrogens is 2. The highest BCUT2D eigenvalue weighted by molar-refractivity contribution is 7.88.